The molecule has 0 aromatic heterocycles. The van der Waals surface area contributed by atoms with Crippen LogP contribution in [0.2, 0.25) is 0 Å². The number of carbonyl (C=O) groups is 4. The second-order valence-electron chi connectivity index (χ2n) is 28.1. The fourth-order valence-electron chi connectivity index (χ4n) is 14.0. The van der Waals surface area contributed by atoms with Crippen LogP contribution in [0.1, 0.15) is 271 Å². The van der Waals surface area contributed by atoms with Gasteiger partial charge in [-0.2, -0.15) is 4.58 Å². The SMILES string of the molecule is CCCCCCCCCCCCCCCCCC(=O)OCC(COP(=O)(O)OCCNC(=O)CC[N+]1=C(C=CC=CC=CC=C2N(CCC(N)=O)c3ccc4ccccc4c3C2(C)C)C(C)(C)c2c1ccc1ccccc21)OC(=O)CCCCCCCCCCCCCCCCC. The number of carbonyl (C=O) groups excluding carboxylic acids is 4. The number of phosphoric ester groups is 1. The summed E-state index contributed by atoms with van der Waals surface area (Å²) >= 11 is 0. The molecule has 0 saturated carbocycles. The molecule has 0 spiro atoms. The predicted molar refractivity (Wildman–Crippen MR) is 400 cm³/mol. The molecule has 0 fully saturated rings. The first-order valence-electron chi connectivity index (χ1n) is 37.7. The Morgan fingerprint density at radius 2 is 1.04 bits per heavy atom. The van der Waals surface area contributed by atoms with Crippen LogP contribution >= 0.6 is 7.82 Å². The molecule has 97 heavy (non-hydrogen) atoms. The van der Waals surface area contributed by atoms with Gasteiger partial charge >= 0.3 is 19.8 Å². The fourth-order valence-corrected chi connectivity index (χ4v) is 14.8. The summed E-state index contributed by atoms with van der Waals surface area (Å²) in [6, 6.07) is 25.3. The molecular weight excluding hydrogens is 1230 g/mol. The van der Waals surface area contributed by atoms with Crippen molar-refractivity contribution in [2.45, 2.75) is 277 Å². The number of nitrogens with two attached hydrogens (primary N) is 1. The number of phosphoric acid groups is 1. The quantitative estimate of drug-likeness (QED) is 0.0126. The number of primary amides is 1. The minimum atomic E-state index is -4.70. The number of benzene rings is 4. The Hall–Kier alpha value is -6.18. The zero-order valence-electron chi connectivity index (χ0n) is 60.4. The Morgan fingerprint density at radius 1 is 0.557 bits per heavy atom. The van der Waals surface area contributed by atoms with Crippen LogP contribution in [0.15, 0.2) is 121 Å². The fraction of sp³-hybridized carbons (Fsp3) is 0.598. The highest BCUT2D eigenvalue weighted by Gasteiger charge is 2.46. The molecule has 4 N–H and O–H groups in total. The highest BCUT2D eigenvalue weighted by Crippen LogP contribution is 2.51. The molecular formula is C82H122N4O10P+. The molecule has 0 radical (unpaired) electrons. The van der Waals surface area contributed by atoms with E-state index in [-0.39, 0.29) is 62.7 Å². The van der Waals surface area contributed by atoms with E-state index < -0.39 is 37.9 Å². The lowest BCUT2D eigenvalue weighted by molar-refractivity contribution is -0.436. The molecule has 534 valence electrons. The number of fused-ring (bicyclic) bond motifs is 6. The summed E-state index contributed by atoms with van der Waals surface area (Å²) < 4.78 is 37.4. The van der Waals surface area contributed by atoms with Gasteiger partial charge in [-0.3, -0.25) is 28.2 Å². The smallest absolute Gasteiger partial charge is 0.462 e. The molecule has 2 unspecified atom stereocenters. The van der Waals surface area contributed by atoms with E-state index >= 15 is 0 Å². The lowest BCUT2D eigenvalue weighted by Gasteiger charge is -2.26. The lowest BCUT2D eigenvalue weighted by atomic mass is 9.79. The second-order valence-corrected chi connectivity index (χ2v) is 29.5. The molecule has 2 aliphatic heterocycles. The summed E-state index contributed by atoms with van der Waals surface area (Å²) in [6.07, 6.45) is 50.4. The van der Waals surface area contributed by atoms with Crippen molar-refractivity contribution in [1.82, 2.24) is 5.32 Å². The van der Waals surface area contributed by atoms with Crippen LogP contribution in [0, 0.1) is 0 Å². The van der Waals surface area contributed by atoms with Crippen molar-refractivity contribution in [1.29, 1.82) is 0 Å². The van der Waals surface area contributed by atoms with Gasteiger partial charge < -0.3 is 30.3 Å². The van der Waals surface area contributed by atoms with Crippen LogP contribution < -0.4 is 16.0 Å². The van der Waals surface area contributed by atoms with E-state index in [9.17, 15) is 28.6 Å². The highest BCUT2D eigenvalue weighted by molar-refractivity contribution is 7.47. The van der Waals surface area contributed by atoms with Crippen LogP contribution in [0.4, 0.5) is 11.4 Å². The van der Waals surface area contributed by atoms with Crippen LogP contribution in [-0.4, -0.2) is 84.5 Å². The van der Waals surface area contributed by atoms with Gasteiger partial charge in [-0.15, -0.1) is 0 Å². The Labute approximate surface area is 583 Å². The van der Waals surface area contributed by atoms with E-state index in [1.807, 2.05) is 42.5 Å². The maximum Gasteiger partial charge on any atom is 0.472 e. The zero-order chi connectivity index (χ0) is 69.6. The van der Waals surface area contributed by atoms with E-state index in [1.165, 1.54) is 163 Å². The molecule has 2 amide bonds. The third-order valence-corrected chi connectivity index (χ3v) is 20.4. The molecule has 14 nitrogen and oxygen atoms in total. The van der Waals surface area contributed by atoms with Crippen molar-refractivity contribution >= 4 is 70.2 Å². The number of ether oxygens (including phenoxy) is 2. The number of rotatable bonds is 52. The van der Waals surface area contributed by atoms with Crippen molar-refractivity contribution < 1.29 is 51.7 Å². The Morgan fingerprint density at radius 3 is 1.59 bits per heavy atom. The van der Waals surface area contributed by atoms with Gasteiger partial charge in [-0.1, -0.05) is 292 Å². The average Bonchev–Trinajstić information content (AvgIpc) is 1.59. The molecule has 2 atom stereocenters. The summed E-state index contributed by atoms with van der Waals surface area (Å²) in [5, 5.41) is 7.47. The maximum atomic E-state index is 13.6. The van der Waals surface area contributed by atoms with Gasteiger partial charge in [0, 0.05) is 66.9 Å². The molecule has 4 aromatic carbocycles. The molecule has 0 aliphatic carbocycles. The number of allylic oxidation sites excluding steroid dienone is 8. The average molecular weight is 1350 g/mol. The van der Waals surface area contributed by atoms with Crippen molar-refractivity contribution in [3.63, 3.8) is 0 Å². The normalized spacial score (nSPS) is 15.5. The first-order valence-corrected chi connectivity index (χ1v) is 39.2. The molecule has 0 saturated heterocycles. The van der Waals surface area contributed by atoms with Crippen molar-refractivity contribution in [3.8, 4) is 0 Å². The van der Waals surface area contributed by atoms with E-state index in [0.717, 1.165) is 72.1 Å². The van der Waals surface area contributed by atoms with E-state index in [0.29, 0.717) is 25.9 Å². The number of hydrogen-bond acceptors (Lipinski definition) is 10. The number of amides is 2. The van der Waals surface area contributed by atoms with E-state index in [2.05, 4.69) is 129 Å². The minimum absolute atomic E-state index is 0.0632. The monoisotopic (exact) mass is 1350 g/mol. The third-order valence-electron chi connectivity index (χ3n) is 19.4. The number of nitrogens with zero attached hydrogens (tertiary/aromatic N) is 2. The number of nitrogens with one attached hydrogen (secondary N) is 1. The Bertz CT molecular complexity index is 3270. The predicted octanol–water partition coefficient (Wildman–Crippen LogP) is 20.2. The summed E-state index contributed by atoms with van der Waals surface area (Å²) in [4.78, 5) is 64.7. The Kier molecular flexibility index (Phi) is 36.2. The molecule has 6 rings (SSSR count). The largest absolute Gasteiger partial charge is 0.472 e. The summed E-state index contributed by atoms with van der Waals surface area (Å²) in [5.74, 6) is -1.52. The van der Waals surface area contributed by atoms with Gasteiger partial charge in [-0.25, -0.2) is 4.57 Å². The van der Waals surface area contributed by atoms with Crippen molar-refractivity contribution in [3.05, 3.63) is 132 Å². The summed E-state index contributed by atoms with van der Waals surface area (Å²) in [6.45, 7) is 13.0. The van der Waals surface area contributed by atoms with Crippen LogP contribution in [-0.2, 0) is 53.1 Å². The summed E-state index contributed by atoms with van der Waals surface area (Å²) in [7, 11) is -4.70. The van der Waals surface area contributed by atoms with Crippen molar-refractivity contribution in [2.24, 2.45) is 5.73 Å². The molecule has 2 aliphatic rings. The van der Waals surface area contributed by atoms with Crippen LogP contribution in [0.5, 0.6) is 0 Å². The zero-order valence-corrected chi connectivity index (χ0v) is 61.3. The van der Waals surface area contributed by atoms with Crippen molar-refractivity contribution in [2.75, 3.05) is 44.4 Å². The van der Waals surface area contributed by atoms with Gasteiger partial charge in [0.25, 0.3) is 0 Å². The van der Waals surface area contributed by atoms with Crippen LogP contribution in [0.3, 0.4) is 0 Å². The number of hydrogen-bond donors (Lipinski definition) is 3. The topological polar surface area (TPSA) is 187 Å². The van der Waals surface area contributed by atoms with E-state index in [4.69, 9.17) is 24.3 Å². The Balaban J connectivity index is 0.977. The molecule has 15 heteroatoms. The standard InChI is InChI=1S/C82H121N4O10P/c1-7-9-11-13-15-17-19-21-23-25-27-29-31-36-40-52-77(89)93-64-68(96-78(90)53-41-37-32-30-28-26-24-22-20-18-16-14-12-10-8-2)65-95-97(91,92)94-63-60-84-76(88)59-62-86-72-57-55-67-47-43-45-49-70(67)80(72)82(5,6)74(86)51-39-35-33-34-38-50-73-81(3,4)79-69-48-44-42-46-66(69)54-56-71(79)85(73)61-58-75(83)87/h33-35,38-39,42-51,54-57,68H,7-32,36-37,40-41,52-53,58-65H2,1-6H3,(H3-,83,84,87,88,91,92)/p+1. The van der Waals surface area contributed by atoms with E-state index in [1.54, 1.807) is 0 Å². The van der Waals surface area contributed by atoms with Crippen LogP contribution in [0.25, 0.3) is 21.5 Å². The number of anilines is 1. The summed E-state index contributed by atoms with van der Waals surface area (Å²) in [5.41, 5.74) is 11.5. The second kappa shape index (κ2) is 44.1. The maximum absolute atomic E-state index is 13.6. The van der Waals surface area contributed by atoms with Gasteiger partial charge in [0.05, 0.1) is 25.0 Å². The van der Waals surface area contributed by atoms with Gasteiger partial charge in [0.15, 0.2) is 18.4 Å². The van der Waals surface area contributed by atoms with Gasteiger partial charge in [-0.05, 0) is 72.0 Å². The molecule has 2 heterocycles. The van der Waals surface area contributed by atoms with Gasteiger partial charge in [0.1, 0.15) is 6.61 Å². The lowest BCUT2D eigenvalue weighted by Crippen LogP contribution is -2.31. The highest BCUT2D eigenvalue weighted by atomic mass is 31.2. The number of esters is 2. The first kappa shape index (κ1) is 79.8. The van der Waals surface area contributed by atoms with Gasteiger partial charge in [0.2, 0.25) is 17.5 Å². The first-order chi connectivity index (χ1) is 47.0. The molecule has 0 bridgehead atoms. The minimum Gasteiger partial charge on any atom is -0.462 e. The number of unbranched alkanes of at least 4 members (excludes halogenated alkanes) is 28. The molecule has 4 aromatic rings. The third kappa shape index (κ3) is 27.5.